The average Bonchev–Trinajstić information content (AvgIpc) is 3.59. The Labute approximate surface area is 269 Å². The molecule has 5 rings (SSSR count). The van der Waals surface area contributed by atoms with Gasteiger partial charge in [-0.15, -0.1) is 11.3 Å². The van der Waals surface area contributed by atoms with Crippen molar-refractivity contribution in [2.24, 2.45) is 7.05 Å². The summed E-state index contributed by atoms with van der Waals surface area (Å²) in [5.41, 5.74) is 4.15. The van der Waals surface area contributed by atoms with E-state index in [-0.39, 0.29) is 23.7 Å². The van der Waals surface area contributed by atoms with E-state index in [4.69, 9.17) is 13.9 Å². The van der Waals surface area contributed by atoms with Crippen LogP contribution in [-0.2, 0) is 24.7 Å². The van der Waals surface area contributed by atoms with Gasteiger partial charge in [-0.2, -0.15) is 0 Å². The molecule has 2 amide bonds. The topological polar surface area (TPSA) is 102 Å². The average molecular weight is 650 g/mol. The molecule has 45 heavy (non-hydrogen) atoms. The van der Waals surface area contributed by atoms with Gasteiger partial charge in [0.1, 0.15) is 29.9 Å². The SMILES string of the molecule is Cn1c(C(=O)Nc2cccc(CO[Si](C)(C)C(C)(C)C)c2COc2ccc(OC3CCN(C(=O)O)CC3)cc2)cc2sccc21. The van der Waals surface area contributed by atoms with Gasteiger partial charge < -0.3 is 33.8 Å². The third kappa shape index (κ3) is 7.54. The second-order valence-corrected chi connectivity index (χ2v) is 18.8. The fraction of sp³-hybridized carbons (Fsp3) is 0.412. The highest BCUT2D eigenvalue weighted by atomic mass is 32.1. The number of benzene rings is 2. The van der Waals surface area contributed by atoms with Gasteiger partial charge >= 0.3 is 6.09 Å². The van der Waals surface area contributed by atoms with E-state index in [0.29, 0.717) is 49.7 Å². The summed E-state index contributed by atoms with van der Waals surface area (Å²) < 4.78 is 22.0. The largest absolute Gasteiger partial charge is 0.490 e. The molecule has 1 fully saturated rings. The van der Waals surface area contributed by atoms with Gasteiger partial charge in [0.15, 0.2) is 8.32 Å². The molecular formula is C34H43N3O6SSi. The van der Waals surface area contributed by atoms with Crippen LogP contribution in [0.25, 0.3) is 10.2 Å². The molecule has 1 saturated heterocycles. The molecule has 0 atom stereocenters. The van der Waals surface area contributed by atoms with Gasteiger partial charge in [-0.25, -0.2) is 4.79 Å². The standard InChI is InChI=1S/C34H43N3O6SSi/c1-34(2,3)45(5,6)42-21-23-8-7-9-28(35-32(38)30-20-31-29(36(30)4)16-19-44-31)27(23)22-41-24-10-12-25(13-11-24)43-26-14-17-37(18-15-26)33(39)40/h7-13,16,19-20,26H,14-15,17-18,21-22H2,1-6H3,(H,35,38)(H,39,40). The lowest BCUT2D eigenvalue weighted by Gasteiger charge is -2.36. The molecule has 240 valence electrons. The summed E-state index contributed by atoms with van der Waals surface area (Å²) in [6.07, 6.45) is 0.415. The summed E-state index contributed by atoms with van der Waals surface area (Å²) in [7, 11) is -0.122. The van der Waals surface area contributed by atoms with Crippen molar-refractivity contribution in [3.63, 3.8) is 0 Å². The number of nitrogens with one attached hydrogen (secondary N) is 1. The third-order valence-corrected chi connectivity index (χ3v) is 14.4. The highest BCUT2D eigenvalue weighted by Crippen LogP contribution is 2.38. The number of aryl methyl sites for hydroxylation is 1. The number of likely N-dealkylation sites (tertiary alicyclic amines) is 1. The summed E-state index contributed by atoms with van der Waals surface area (Å²) in [5, 5.41) is 14.4. The Balaban J connectivity index is 1.31. The van der Waals surface area contributed by atoms with E-state index in [2.05, 4.69) is 39.2 Å². The van der Waals surface area contributed by atoms with Crippen LogP contribution in [0, 0.1) is 0 Å². The van der Waals surface area contributed by atoms with Crippen molar-refractivity contribution >= 4 is 47.6 Å². The minimum atomic E-state index is -2.03. The fourth-order valence-electron chi connectivity index (χ4n) is 5.11. The number of carbonyl (C=O) groups excluding carboxylic acids is 1. The van der Waals surface area contributed by atoms with Gasteiger partial charge in [-0.1, -0.05) is 32.9 Å². The monoisotopic (exact) mass is 649 g/mol. The summed E-state index contributed by atoms with van der Waals surface area (Å²) >= 11 is 1.61. The fourth-order valence-corrected chi connectivity index (χ4v) is 6.91. The third-order valence-electron chi connectivity index (χ3n) is 9.03. The van der Waals surface area contributed by atoms with E-state index < -0.39 is 14.4 Å². The molecule has 2 aromatic heterocycles. The molecule has 4 aromatic rings. The molecule has 3 heterocycles. The van der Waals surface area contributed by atoms with Crippen molar-refractivity contribution in [1.82, 2.24) is 9.47 Å². The molecule has 11 heteroatoms. The Morgan fingerprint density at radius 2 is 1.71 bits per heavy atom. The number of carbonyl (C=O) groups is 2. The van der Waals surface area contributed by atoms with Crippen LogP contribution >= 0.6 is 11.3 Å². The van der Waals surface area contributed by atoms with Crippen molar-refractivity contribution < 1.29 is 28.6 Å². The molecule has 2 N–H and O–H groups in total. The molecule has 0 bridgehead atoms. The number of amides is 2. The number of carboxylic acid groups (broad SMARTS) is 1. The molecule has 1 aliphatic heterocycles. The first-order valence-electron chi connectivity index (χ1n) is 15.3. The Morgan fingerprint density at radius 1 is 1.02 bits per heavy atom. The van der Waals surface area contributed by atoms with Gasteiger partial charge in [0.25, 0.3) is 5.91 Å². The normalized spacial score (nSPS) is 14.5. The Morgan fingerprint density at radius 3 is 2.36 bits per heavy atom. The number of thiophene rings is 1. The maximum Gasteiger partial charge on any atom is 0.407 e. The summed E-state index contributed by atoms with van der Waals surface area (Å²) in [6.45, 7) is 12.7. The Hall–Kier alpha value is -3.80. The number of piperidine rings is 1. The van der Waals surface area contributed by atoms with Gasteiger partial charge in [-0.3, -0.25) is 4.79 Å². The number of nitrogens with zero attached hydrogens (tertiary/aromatic N) is 2. The van der Waals surface area contributed by atoms with Crippen LogP contribution in [0.2, 0.25) is 18.1 Å². The highest BCUT2D eigenvalue weighted by Gasteiger charge is 2.37. The first-order chi connectivity index (χ1) is 21.3. The molecule has 1 aliphatic rings. The van der Waals surface area contributed by atoms with Crippen LogP contribution in [0.5, 0.6) is 11.5 Å². The number of hydrogen-bond acceptors (Lipinski definition) is 6. The molecule has 0 aliphatic carbocycles. The lowest BCUT2D eigenvalue weighted by Crippen LogP contribution is -2.41. The summed E-state index contributed by atoms with van der Waals surface area (Å²) in [6, 6.07) is 17.3. The highest BCUT2D eigenvalue weighted by molar-refractivity contribution is 7.17. The molecule has 0 saturated carbocycles. The zero-order valence-electron chi connectivity index (χ0n) is 26.9. The van der Waals surface area contributed by atoms with Crippen molar-refractivity contribution in [1.29, 1.82) is 0 Å². The van der Waals surface area contributed by atoms with Crippen molar-refractivity contribution in [3.05, 3.63) is 76.8 Å². The van der Waals surface area contributed by atoms with Crippen LogP contribution < -0.4 is 14.8 Å². The zero-order valence-corrected chi connectivity index (χ0v) is 28.7. The number of fused-ring (bicyclic) bond motifs is 1. The van der Waals surface area contributed by atoms with Crippen LogP contribution in [0.3, 0.4) is 0 Å². The summed E-state index contributed by atoms with van der Waals surface area (Å²) in [4.78, 5) is 26.1. The number of ether oxygens (including phenoxy) is 2. The molecule has 9 nitrogen and oxygen atoms in total. The molecule has 2 aromatic carbocycles. The van der Waals surface area contributed by atoms with E-state index in [0.717, 1.165) is 27.1 Å². The first-order valence-corrected chi connectivity index (χ1v) is 19.1. The molecule has 0 unspecified atom stereocenters. The van der Waals surface area contributed by atoms with Crippen LogP contribution in [0.4, 0.5) is 10.5 Å². The molecular weight excluding hydrogens is 607 g/mol. The minimum Gasteiger partial charge on any atom is -0.490 e. The van der Waals surface area contributed by atoms with Crippen LogP contribution in [-0.4, -0.2) is 54.1 Å². The zero-order chi connectivity index (χ0) is 32.4. The van der Waals surface area contributed by atoms with E-state index in [1.54, 1.807) is 11.3 Å². The van der Waals surface area contributed by atoms with Gasteiger partial charge in [-0.05, 0) is 71.5 Å². The maximum absolute atomic E-state index is 13.5. The van der Waals surface area contributed by atoms with Gasteiger partial charge in [0.2, 0.25) is 0 Å². The number of aromatic nitrogens is 1. The second kappa shape index (κ2) is 13.3. The van der Waals surface area contributed by atoms with Crippen molar-refractivity contribution in [2.45, 2.75) is 71.1 Å². The predicted octanol–water partition coefficient (Wildman–Crippen LogP) is 8.11. The number of anilines is 1. The van der Waals surface area contributed by atoms with Crippen molar-refractivity contribution in [2.75, 3.05) is 18.4 Å². The minimum absolute atomic E-state index is 0.0219. The van der Waals surface area contributed by atoms with E-state index in [1.807, 2.05) is 71.6 Å². The van der Waals surface area contributed by atoms with Gasteiger partial charge in [0, 0.05) is 44.2 Å². The van der Waals surface area contributed by atoms with E-state index in [9.17, 15) is 14.7 Å². The Bertz CT molecular complexity index is 1650. The first kappa shape index (κ1) is 32.6. The van der Waals surface area contributed by atoms with E-state index >= 15 is 0 Å². The number of hydrogen-bond donors (Lipinski definition) is 2. The number of rotatable bonds is 10. The second-order valence-electron chi connectivity index (χ2n) is 13.1. The van der Waals surface area contributed by atoms with Crippen molar-refractivity contribution in [3.8, 4) is 11.5 Å². The van der Waals surface area contributed by atoms with Gasteiger partial charge in [0.05, 0.1) is 16.8 Å². The molecule has 0 radical (unpaired) electrons. The smallest absolute Gasteiger partial charge is 0.407 e. The predicted molar refractivity (Wildman–Crippen MR) is 181 cm³/mol. The van der Waals surface area contributed by atoms with E-state index in [1.165, 1.54) is 4.90 Å². The van der Waals surface area contributed by atoms with Crippen LogP contribution in [0.1, 0.15) is 55.2 Å². The summed E-state index contributed by atoms with van der Waals surface area (Å²) in [5.74, 6) is 1.21. The quantitative estimate of drug-likeness (QED) is 0.168. The van der Waals surface area contributed by atoms with Crippen LogP contribution in [0.15, 0.2) is 60.0 Å². The lowest BCUT2D eigenvalue weighted by atomic mass is 10.1. The lowest BCUT2D eigenvalue weighted by molar-refractivity contribution is 0.0893. The molecule has 0 spiro atoms. The maximum atomic E-state index is 13.5. The Kier molecular flexibility index (Phi) is 9.62.